The number of allylic oxidation sites excluding steroid dienone is 4. The van der Waals surface area contributed by atoms with Gasteiger partial charge in [-0.1, -0.05) is 189 Å². The molecule has 1 unspecified atom stereocenters. The van der Waals surface area contributed by atoms with E-state index in [-0.39, 0.29) is 0 Å². The summed E-state index contributed by atoms with van der Waals surface area (Å²) in [6.07, 6.45) is 8.02. The molecule has 0 heterocycles. The molecule has 0 saturated heterocycles. The van der Waals surface area contributed by atoms with E-state index in [4.69, 9.17) is 0 Å². The van der Waals surface area contributed by atoms with Crippen molar-refractivity contribution in [1.82, 2.24) is 0 Å². The maximum Gasteiger partial charge on any atom is 0.0462 e. The monoisotopic (exact) mass is 808 g/mol. The Kier molecular flexibility index (Phi) is 11.2. The van der Waals surface area contributed by atoms with Crippen molar-refractivity contribution in [1.29, 1.82) is 0 Å². The summed E-state index contributed by atoms with van der Waals surface area (Å²) in [5, 5.41) is 0. The van der Waals surface area contributed by atoms with Crippen LogP contribution in [-0.2, 0) is 0 Å². The number of nitrogens with zero attached hydrogens (tertiary/aromatic N) is 2. The highest BCUT2D eigenvalue weighted by molar-refractivity contribution is 5.84. The minimum Gasteiger partial charge on any atom is -0.311 e. The molecule has 10 rings (SSSR count). The quantitative estimate of drug-likeness (QED) is 0.128. The fourth-order valence-electron chi connectivity index (χ4n) is 8.64. The van der Waals surface area contributed by atoms with E-state index in [0.29, 0.717) is 5.92 Å². The maximum absolute atomic E-state index is 2.38. The second kappa shape index (κ2) is 18.0. The molecule has 0 spiro atoms. The molecule has 0 aliphatic heterocycles. The summed E-state index contributed by atoms with van der Waals surface area (Å²) in [5.41, 5.74) is 18.7. The lowest BCUT2D eigenvalue weighted by molar-refractivity contribution is 0.740. The molecule has 0 aromatic heterocycles. The van der Waals surface area contributed by atoms with Gasteiger partial charge in [0.1, 0.15) is 0 Å². The summed E-state index contributed by atoms with van der Waals surface area (Å²) in [6, 6.07) is 85.3. The van der Waals surface area contributed by atoms with Crippen LogP contribution in [0.25, 0.3) is 50.1 Å². The molecule has 0 amide bonds. The molecule has 0 bridgehead atoms. The van der Waals surface area contributed by atoms with Crippen molar-refractivity contribution in [3.05, 3.63) is 260 Å². The summed E-state index contributed by atoms with van der Waals surface area (Å²) in [5.74, 6) is 0.549. The highest BCUT2D eigenvalue weighted by atomic mass is 15.1. The third-order valence-electron chi connectivity index (χ3n) is 12.0. The summed E-state index contributed by atoms with van der Waals surface area (Å²) in [7, 11) is 0. The van der Waals surface area contributed by atoms with Gasteiger partial charge < -0.3 is 9.80 Å². The van der Waals surface area contributed by atoms with Crippen LogP contribution < -0.4 is 9.80 Å². The molecule has 0 fully saturated rings. The SMILES string of the molecule is CC1C=C(c2ccc(N(c3ccc(-c4ccccc4)cc3)c3ccc(-c4ccc(N(c5ccc(-c6ccccc6)cc5)c5ccc(-c6ccccc6)cc5)cc4)cc3)cc2)C=CC1. The number of hydrogen-bond acceptors (Lipinski definition) is 2. The predicted molar refractivity (Wildman–Crippen MR) is 268 cm³/mol. The Bertz CT molecular complexity index is 2870. The standard InChI is InChI=1S/C61H48N2/c1-45-12-11-19-55(44-45)54-30-42-61(43-31-54)63(58-36-24-51(25-37-58)48-17-9-4-10-18-48)60-40-28-53(29-41-60)52-26-38-59(39-27-52)62(56-32-20-49(21-33-56)46-13-5-2-6-14-46)57-34-22-50(23-35-57)47-15-7-3-8-16-47/h2-11,13-45H,12H2,1H3. The van der Waals surface area contributed by atoms with Crippen LogP contribution in [0.3, 0.4) is 0 Å². The van der Waals surface area contributed by atoms with Gasteiger partial charge >= 0.3 is 0 Å². The number of hydrogen-bond donors (Lipinski definition) is 0. The van der Waals surface area contributed by atoms with Crippen molar-refractivity contribution in [2.75, 3.05) is 9.80 Å². The van der Waals surface area contributed by atoms with E-state index in [1.165, 1.54) is 44.5 Å². The van der Waals surface area contributed by atoms with Gasteiger partial charge in [-0.05, 0) is 141 Å². The van der Waals surface area contributed by atoms with Crippen molar-refractivity contribution < 1.29 is 0 Å². The first-order valence-corrected chi connectivity index (χ1v) is 21.9. The fourth-order valence-corrected chi connectivity index (χ4v) is 8.64. The second-order valence-electron chi connectivity index (χ2n) is 16.3. The second-order valence-corrected chi connectivity index (χ2v) is 16.3. The number of rotatable bonds is 11. The molecule has 1 aliphatic rings. The van der Waals surface area contributed by atoms with Crippen molar-refractivity contribution in [3.63, 3.8) is 0 Å². The van der Waals surface area contributed by atoms with Gasteiger partial charge in [-0.3, -0.25) is 0 Å². The van der Waals surface area contributed by atoms with Gasteiger partial charge in [0, 0.05) is 34.1 Å². The van der Waals surface area contributed by atoms with Crippen LogP contribution in [0.1, 0.15) is 18.9 Å². The molecule has 302 valence electrons. The molecule has 0 N–H and O–H groups in total. The molecule has 63 heavy (non-hydrogen) atoms. The smallest absolute Gasteiger partial charge is 0.0462 e. The van der Waals surface area contributed by atoms with Crippen LogP contribution in [0.4, 0.5) is 34.1 Å². The molecule has 9 aromatic carbocycles. The average Bonchev–Trinajstić information content (AvgIpc) is 3.36. The first-order chi connectivity index (χ1) is 31.1. The maximum atomic E-state index is 2.38. The van der Waals surface area contributed by atoms with Crippen molar-refractivity contribution in [3.8, 4) is 44.5 Å². The van der Waals surface area contributed by atoms with Gasteiger partial charge in [0.25, 0.3) is 0 Å². The van der Waals surface area contributed by atoms with Crippen LogP contribution in [-0.4, -0.2) is 0 Å². The van der Waals surface area contributed by atoms with Crippen LogP contribution in [0.15, 0.2) is 255 Å². The Hall–Kier alpha value is -7.94. The number of benzene rings is 9. The zero-order valence-electron chi connectivity index (χ0n) is 35.4. The predicted octanol–water partition coefficient (Wildman–Crippen LogP) is 17.3. The Labute approximate surface area is 372 Å². The normalized spacial score (nSPS) is 13.3. The van der Waals surface area contributed by atoms with E-state index in [1.807, 2.05) is 0 Å². The Balaban J connectivity index is 0.957. The van der Waals surface area contributed by atoms with Crippen molar-refractivity contribution in [2.24, 2.45) is 5.92 Å². The topological polar surface area (TPSA) is 6.48 Å². The molecule has 1 atom stereocenters. The molecule has 2 heteroatoms. The lowest BCUT2D eigenvalue weighted by Crippen LogP contribution is -2.10. The van der Waals surface area contributed by atoms with E-state index < -0.39 is 0 Å². The van der Waals surface area contributed by atoms with Gasteiger partial charge in [0.05, 0.1) is 0 Å². The van der Waals surface area contributed by atoms with Crippen molar-refractivity contribution in [2.45, 2.75) is 13.3 Å². The van der Waals surface area contributed by atoms with E-state index >= 15 is 0 Å². The molecule has 0 radical (unpaired) electrons. The fraction of sp³-hybridized carbons (Fsp3) is 0.0492. The molecule has 0 saturated carbocycles. The summed E-state index contributed by atoms with van der Waals surface area (Å²) < 4.78 is 0. The van der Waals surface area contributed by atoms with Crippen LogP contribution in [0.5, 0.6) is 0 Å². The minimum absolute atomic E-state index is 0.549. The third-order valence-corrected chi connectivity index (χ3v) is 12.0. The van der Waals surface area contributed by atoms with Gasteiger partial charge in [0.15, 0.2) is 0 Å². The largest absolute Gasteiger partial charge is 0.311 e. The van der Waals surface area contributed by atoms with E-state index in [9.17, 15) is 0 Å². The van der Waals surface area contributed by atoms with Gasteiger partial charge in [-0.25, -0.2) is 0 Å². The molecule has 1 aliphatic carbocycles. The summed E-state index contributed by atoms with van der Waals surface area (Å²) in [6.45, 7) is 2.28. The lowest BCUT2D eigenvalue weighted by Gasteiger charge is -2.27. The average molecular weight is 809 g/mol. The Morgan fingerprint density at radius 2 is 0.524 bits per heavy atom. The van der Waals surface area contributed by atoms with Crippen LogP contribution in [0.2, 0.25) is 0 Å². The van der Waals surface area contributed by atoms with Crippen molar-refractivity contribution >= 4 is 39.7 Å². The third kappa shape index (κ3) is 8.66. The van der Waals surface area contributed by atoms with Gasteiger partial charge in [0.2, 0.25) is 0 Å². The first-order valence-electron chi connectivity index (χ1n) is 21.9. The van der Waals surface area contributed by atoms with Gasteiger partial charge in [-0.2, -0.15) is 0 Å². The minimum atomic E-state index is 0.549. The van der Waals surface area contributed by atoms with Gasteiger partial charge in [-0.15, -0.1) is 0 Å². The van der Waals surface area contributed by atoms with E-state index in [1.54, 1.807) is 0 Å². The summed E-state index contributed by atoms with van der Waals surface area (Å²) in [4.78, 5) is 4.69. The van der Waals surface area contributed by atoms with Crippen LogP contribution >= 0.6 is 0 Å². The van der Waals surface area contributed by atoms with E-state index in [0.717, 1.165) is 51.7 Å². The zero-order valence-corrected chi connectivity index (χ0v) is 35.4. The lowest BCUT2D eigenvalue weighted by atomic mass is 9.93. The highest BCUT2D eigenvalue weighted by Gasteiger charge is 2.17. The molecule has 9 aromatic rings. The number of anilines is 6. The molecular weight excluding hydrogens is 761 g/mol. The zero-order chi connectivity index (χ0) is 42.4. The molecular formula is C61H48N2. The van der Waals surface area contributed by atoms with Crippen LogP contribution in [0, 0.1) is 5.92 Å². The molecule has 2 nitrogen and oxygen atoms in total. The Morgan fingerprint density at radius 3 is 0.778 bits per heavy atom. The van der Waals surface area contributed by atoms with E-state index in [2.05, 4.69) is 272 Å². The first kappa shape index (κ1) is 39.2. The Morgan fingerprint density at radius 1 is 0.286 bits per heavy atom. The summed E-state index contributed by atoms with van der Waals surface area (Å²) >= 11 is 0. The highest BCUT2D eigenvalue weighted by Crippen LogP contribution is 2.40.